The topological polar surface area (TPSA) is 96.0 Å². The predicted molar refractivity (Wildman–Crippen MR) is 161 cm³/mol. The van der Waals surface area contributed by atoms with Crippen LogP contribution in [0.3, 0.4) is 0 Å². The number of nitrogens with one attached hydrogen (secondary N) is 1. The Morgan fingerprint density at radius 3 is 2.76 bits per heavy atom. The summed E-state index contributed by atoms with van der Waals surface area (Å²) in [6.45, 7) is 2.50. The number of aryl methyl sites for hydroxylation is 1. The largest absolute Gasteiger partial charge is 0.490 e. The summed E-state index contributed by atoms with van der Waals surface area (Å²) in [4.78, 5) is 30.3. The lowest BCUT2D eigenvalue weighted by Gasteiger charge is -2.41. The van der Waals surface area contributed by atoms with Crippen LogP contribution in [0.2, 0.25) is 5.02 Å². The monoisotopic (exact) mass is 599 g/mol. The second-order valence-corrected chi connectivity index (χ2v) is 13.8. The molecule has 1 spiro atoms. The summed E-state index contributed by atoms with van der Waals surface area (Å²) in [5.74, 6) is -1.21. The average molecular weight is 600 g/mol. The number of sulfonamides is 1. The number of halogens is 1. The van der Waals surface area contributed by atoms with Gasteiger partial charge in [0.25, 0.3) is 0 Å². The fourth-order valence-electron chi connectivity index (χ4n) is 6.35. The lowest BCUT2D eigenvalue weighted by Crippen LogP contribution is -2.46. The lowest BCUT2D eigenvalue weighted by atomic mass is 9.70. The quantitative estimate of drug-likeness (QED) is 0.509. The summed E-state index contributed by atoms with van der Waals surface area (Å²) in [5, 5.41) is 0.740. The zero-order valence-electron chi connectivity index (χ0n) is 23.7. The Morgan fingerprint density at radius 1 is 1.12 bits per heavy atom. The number of amides is 2. The number of hydrogen-bond donors (Lipinski definition) is 1. The molecule has 2 atom stereocenters. The van der Waals surface area contributed by atoms with E-state index in [0.717, 1.165) is 74.3 Å². The molecular weight excluding hydrogens is 562 g/mol. The first kappa shape index (κ1) is 29.5. The van der Waals surface area contributed by atoms with E-state index in [1.807, 2.05) is 24.3 Å². The number of ether oxygens (including phenoxy) is 1. The number of rotatable bonds is 2. The highest BCUT2D eigenvalue weighted by molar-refractivity contribution is 7.89. The molecule has 1 aliphatic carbocycles. The third-order valence-electron chi connectivity index (χ3n) is 8.47. The van der Waals surface area contributed by atoms with E-state index in [1.54, 1.807) is 18.0 Å². The molecule has 2 amide bonds. The molecular formula is C31H38ClN3O5S. The van der Waals surface area contributed by atoms with Gasteiger partial charge >= 0.3 is 0 Å². The number of nitrogens with zero attached hydrogens (tertiary/aromatic N) is 2. The summed E-state index contributed by atoms with van der Waals surface area (Å²) in [6, 6.07) is 11.7. The zero-order valence-corrected chi connectivity index (χ0v) is 25.3. The van der Waals surface area contributed by atoms with Gasteiger partial charge in [-0.2, -0.15) is 0 Å². The van der Waals surface area contributed by atoms with Gasteiger partial charge in [0.15, 0.2) is 0 Å². The van der Waals surface area contributed by atoms with E-state index in [-0.39, 0.29) is 17.7 Å². The van der Waals surface area contributed by atoms with Crippen LogP contribution in [0.5, 0.6) is 5.75 Å². The minimum Gasteiger partial charge on any atom is -0.490 e. The van der Waals surface area contributed by atoms with Crippen molar-refractivity contribution in [1.82, 2.24) is 9.62 Å². The number of fused-ring (bicyclic) bond motifs is 3. The van der Waals surface area contributed by atoms with Crippen molar-refractivity contribution in [3.63, 3.8) is 0 Å². The normalized spacial score (nSPS) is 24.4. The number of hydrogen-bond acceptors (Lipinski definition) is 6. The van der Waals surface area contributed by atoms with E-state index in [9.17, 15) is 18.0 Å². The Kier molecular flexibility index (Phi) is 8.66. The van der Waals surface area contributed by atoms with Gasteiger partial charge in [-0.25, -0.2) is 8.42 Å². The molecule has 10 heteroatoms. The van der Waals surface area contributed by atoms with E-state index < -0.39 is 21.8 Å². The molecule has 8 nitrogen and oxygen atoms in total. The van der Waals surface area contributed by atoms with E-state index in [0.29, 0.717) is 18.7 Å². The Balaban J connectivity index is 1.57. The van der Waals surface area contributed by atoms with Gasteiger partial charge in [-0.15, -0.1) is 0 Å². The summed E-state index contributed by atoms with van der Waals surface area (Å²) in [5.41, 5.74) is 3.77. The Hall–Kier alpha value is -3.04. The number of allylic oxidation sites excluding steroid dienone is 1. The molecule has 0 unspecified atom stereocenters. The van der Waals surface area contributed by atoms with Crippen LogP contribution in [0, 0.1) is 0 Å². The van der Waals surface area contributed by atoms with Crippen LogP contribution in [-0.4, -0.2) is 64.7 Å². The number of carbonyl (C=O) groups excluding carboxylic acids is 2. The van der Waals surface area contributed by atoms with Crippen molar-refractivity contribution in [1.29, 1.82) is 0 Å². The number of anilines is 1. The first-order valence-electron chi connectivity index (χ1n) is 14.3. The number of likely N-dealkylation sites (N-methyl/N-ethyl adjacent to an activating group) is 1. The molecule has 220 valence electrons. The van der Waals surface area contributed by atoms with Crippen LogP contribution in [0.15, 0.2) is 48.6 Å². The molecule has 3 aliphatic rings. The molecule has 2 aromatic carbocycles. The lowest BCUT2D eigenvalue weighted by molar-refractivity contribution is -0.132. The van der Waals surface area contributed by atoms with Gasteiger partial charge in [-0.1, -0.05) is 35.9 Å². The van der Waals surface area contributed by atoms with Gasteiger partial charge in [-0.05, 0) is 79.5 Å². The molecule has 0 saturated heterocycles. The molecule has 2 aliphatic heterocycles. The van der Waals surface area contributed by atoms with Gasteiger partial charge in [-0.3, -0.25) is 14.3 Å². The summed E-state index contributed by atoms with van der Waals surface area (Å²) in [7, 11) is -2.12. The van der Waals surface area contributed by atoms with Gasteiger partial charge in [0.05, 0.1) is 24.5 Å². The second-order valence-electron chi connectivity index (χ2n) is 11.6. The van der Waals surface area contributed by atoms with Crippen LogP contribution < -0.4 is 14.4 Å². The molecule has 0 saturated carbocycles. The van der Waals surface area contributed by atoms with Crippen LogP contribution >= 0.6 is 11.6 Å². The number of carbonyl (C=O) groups is 2. The van der Waals surface area contributed by atoms with Gasteiger partial charge in [0.2, 0.25) is 21.8 Å². The summed E-state index contributed by atoms with van der Waals surface area (Å²) in [6.07, 6.45) is 10.7. The third-order valence-corrected chi connectivity index (χ3v) is 9.27. The average Bonchev–Trinajstić information content (AvgIpc) is 3.06. The molecule has 0 aromatic heterocycles. The zero-order chi connectivity index (χ0) is 29.2. The molecule has 1 N–H and O–H groups in total. The highest BCUT2D eigenvalue weighted by Gasteiger charge is 2.42. The van der Waals surface area contributed by atoms with Crippen molar-refractivity contribution < 1.29 is 22.7 Å². The van der Waals surface area contributed by atoms with Crippen LogP contribution in [0.4, 0.5) is 5.69 Å². The first-order valence-corrected chi connectivity index (χ1v) is 16.5. The molecule has 5 rings (SSSR count). The van der Waals surface area contributed by atoms with Gasteiger partial charge in [0.1, 0.15) is 5.75 Å². The van der Waals surface area contributed by atoms with E-state index in [1.165, 1.54) is 11.1 Å². The fraction of sp³-hybridized carbons (Fsp3) is 0.484. The Bertz CT molecular complexity index is 1460. The van der Waals surface area contributed by atoms with Gasteiger partial charge in [0, 0.05) is 43.5 Å². The number of benzene rings is 2. The highest BCUT2D eigenvalue weighted by Crippen LogP contribution is 2.45. The van der Waals surface area contributed by atoms with Crippen molar-refractivity contribution in [2.75, 3.05) is 44.4 Å². The predicted octanol–water partition coefficient (Wildman–Crippen LogP) is 4.56. The maximum Gasteiger partial charge on any atom is 0.241 e. The van der Waals surface area contributed by atoms with Crippen molar-refractivity contribution in [3.05, 3.63) is 70.3 Å². The van der Waals surface area contributed by atoms with Crippen LogP contribution in [0.25, 0.3) is 0 Å². The minimum absolute atomic E-state index is 0.149. The summed E-state index contributed by atoms with van der Waals surface area (Å²) < 4.78 is 32.6. The van der Waals surface area contributed by atoms with Crippen molar-refractivity contribution >= 4 is 39.1 Å². The molecule has 41 heavy (non-hydrogen) atoms. The van der Waals surface area contributed by atoms with Crippen molar-refractivity contribution in [2.24, 2.45) is 0 Å². The second kappa shape index (κ2) is 12.1. The Labute approximate surface area is 247 Å². The van der Waals surface area contributed by atoms with Crippen molar-refractivity contribution in [2.45, 2.75) is 56.3 Å². The Morgan fingerprint density at radius 2 is 1.95 bits per heavy atom. The van der Waals surface area contributed by atoms with Crippen LogP contribution in [-0.2, 0) is 31.4 Å². The first-order chi connectivity index (χ1) is 19.5. The maximum absolute atomic E-state index is 13.3. The van der Waals surface area contributed by atoms with Crippen molar-refractivity contribution in [3.8, 4) is 5.75 Å². The van der Waals surface area contributed by atoms with E-state index >= 15 is 0 Å². The van der Waals surface area contributed by atoms with E-state index in [4.69, 9.17) is 16.3 Å². The van der Waals surface area contributed by atoms with E-state index in [2.05, 4.69) is 27.8 Å². The third kappa shape index (κ3) is 6.72. The molecule has 2 aromatic rings. The SMILES string of the molecule is CN1C/C=C\CCCCN2C[C@@]3(CCCc4cc(Cl)ccc43)COc3ccc(cc32)[C@@H](C(=O)NS(C)(=O)=O)CC1=O. The fourth-order valence-corrected chi connectivity index (χ4v) is 7.05. The minimum atomic E-state index is -3.81. The smallest absolute Gasteiger partial charge is 0.241 e. The molecule has 2 bridgehead atoms. The van der Waals surface area contributed by atoms with Crippen LogP contribution in [0.1, 0.15) is 61.1 Å². The standard InChI is InChI=1S/C31H38ClN3O5S/c1-34-15-6-4-3-5-7-16-35-20-31(14-8-9-23-17-24(32)11-12-26(23)31)21-40-28-13-10-22(18-27(28)35)25(19-29(34)36)30(37)33-41(2,38)39/h4,6,10-13,17-18,25H,3,5,7-9,14-16,19-21H2,1-2H3,(H,33,37)/b6-4-/t25-,31-/m0/s1. The summed E-state index contributed by atoms with van der Waals surface area (Å²) >= 11 is 6.37. The molecule has 0 radical (unpaired) electrons. The van der Waals surface area contributed by atoms with Gasteiger partial charge < -0.3 is 14.5 Å². The molecule has 0 fully saturated rings. The highest BCUT2D eigenvalue weighted by atomic mass is 35.5. The maximum atomic E-state index is 13.3. The molecule has 2 heterocycles.